The summed E-state index contributed by atoms with van der Waals surface area (Å²) in [7, 11) is -3.67. The number of nitrogens with two attached hydrogens (primary N) is 1. The van der Waals surface area contributed by atoms with Crippen LogP contribution in [-0.2, 0) is 29.6 Å². The van der Waals surface area contributed by atoms with Crippen LogP contribution in [0.1, 0.15) is 16.7 Å². The second-order valence-corrected chi connectivity index (χ2v) is 9.22. The lowest BCUT2D eigenvalue weighted by Gasteiger charge is -2.13. The molecule has 0 spiro atoms. The van der Waals surface area contributed by atoms with E-state index in [1.807, 2.05) is 36.4 Å². The number of primary sulfonamides is 1. The minimum absolute atomic E-state index is 0. The van der Waals surface area contributed by atoms with E-state index in [2.05, 4.69) is 5.32 Å². The first-order valence-electron chi connectivity index (χ1n) is 9.29. The third-order valence-electron chi connectivity index (χ3n) is 4.49. The Labute approximate surface area is 199 Å². The monoisotopic (exact) mass is 500 g/mol. The topological polar surface area (TPSA) is 81.4 Å². The lowest BCUT2D eigenvalue weighted by Crippen LogP contribution is -2.17. The largest absolute Gasteiger partial charge is 0.489 e. The predicted octanol–water partition coefficient (Wildman–Crippen LogP) is 4.97. The van der Waals surface area contributed by atoms with Crippen molar-refractivity contribution in [2.45, 2.75) is 24.5 Å². The van der Waals surface area contributed by atoms with E-state index in [1.165, 1.54) is 12.1 Å². The molecule has 0 unspecified atom stereocenters. The van der Waals surface area contributed by atoms with Crippen molar-refractivity contribution in [3.05, 3.63) is 93.5 Å². The van der Waals surface area contributed by atoms with E-state index < -0.39 is 10.0 Å². The molecule has 0 saturated carbocycles. The second-order valence-electron chi connectivity index (χ2n) is 6.78. The van der Waals surface area contributed by atoms with Crippen molar-refractivity contribution in [3.63, 3.8) is 0 Å². The zero-order valence-electron chi connectivity index (χ0n) is 16.6. The number of halogens is 3. The molecule has 166 valence electrons. The molecule has 3 rings (SSSR count). The molecule has 0 saturated heterocycles. The van der Waals surface area contributed by atoms with Crippen LogP contribution in [0.3, 0.4) is 0 Å². The zero-order chi connectivity index (χ0) is 21.6. The van der Waals surface area contributed by atoms with Gasteiger partial charge in [0.25, 0.3) is 0 Å². The molecule has 0 heterocycles. The number of sulfonamides is 1. The fourth-order valence-electron chi connectivity index (χ4n) is 2.87. The summed E-state index contributed by atoms with van der Waals surface area (Å²) in [5.41, 5.74) is 3.00. The van der Waals surface area contributed by atoms with Gasteiger partial charge in [-0.15, -0.1) is 12.4 Å². The minimum atomic E-state index is -3.67. The first-order valence-corrected chi connectivity index (χ1v) is 11.6. The number of hydrogen-bond acceptors (Lipinski definition) is 4. The third-order valence-corrected chi connectivity index (χ3v) is 5.90. The highest BCUT2D eigenvalue weighted by Crippen LogP contribution is 2.24. The van der Waals surface area contributed by atoms with Gasteiger partial charge in [-0.2, -0.15) is 0 Å². The molecule has 0 aromatic heterocycles. The Bertz CT molecular complexity index is 1090. The quantitative estimate of drug-likeness (QED) is 0.405. The van der Waals surface area contributed by atoms with Crippen LogP contribution in [-0.4, -0.2) is 15.0 Å². The van der Waals surface area contributed by atoms with Gasteiger partial charge in [-0.05, 0) is 66.6 Å². The molecule has 5 nitrogen and oxygen atoms in total. The Morgan fingerprint density at radius 1 is 0.871 bits per heavy atom. The van der Waals surface area contributed by atoms with Crippen molar-refractivity contribution in [2.75, 3.05) is 6.54 Å². The van der Waals surface area contributed by atoms with Gasteiger partial charge in [-0.3, -0.25) is 0 Å². The zero-order valence-corrected chi connectivity index (χ0v) is 19.7. The summed E-state index contributed by atoms with van der Waals surface area (Å²) >= 11 is 12.1. The highest BCUT2D eigenvalue weighted by atomic mass is 35.5. The van der Waals surface area contributed by atoms with Gasteiger partial charge in [0.2, 0.25) is 10.0 Å². The summed E-state index contributed by atoms with van der Waals surface area (Å²) in [6.45, 7) is 1.73. The number of hydrogen-bond donors (Lipinski definition) is 2. The van der Waals surface area contributed by atoms with Crippen molar-refractivity contribution in [2.24, 2.45) is 5.14 Å². The van der Waals surface area contributed by atoms with Gasteiger partial charge in [-0.1, -0.05) is 47.5 Å². The second kappa shape index (κ2) is 11.7. The maximum atomic E-state index is 11.3. The van der Waals surface area contributed by atoms with Gasteiger partial charge >= 0.3 is 0 Å². The van der Waals surface area contributed by atoms with E-state index in [4.69, 9.17) is 33.1 Å². The van der Waals surface area contributed by atoms with E-state index in [9.17, 15) is 8.42 Å². The summed E-state index contributed by atoms with van der Waals surface area (Å²) < 4.78 is 28.6. The highest BCUT2D eigenvalue weighted by molar-refractivity contribution is 7.89. The van der Waals surface area contributed by atoms with E-state index in [-0.39, 0.29) is 17.3 Å². The Morgan fingerprint density at radius 3 is 2.13 bits per heavy atom. The average Bonchev–Trinajstić information content (AvgIpc) is 2.71. The standard InChI is InChI=1S/C22H22Cl2N2O3S.ClH/c23-19-5-1-17(2-6-19)15-29-22-10-7-20(24)13-18(22)14-26-12-11-16-3-8-21(9-4-16)30(25,27)28;/h1-10,13,26H,11-12,14-15H2,(H2,25,27,28);1H. The smallest absolute Gasteiger partial charge is 0.238 e. The average molecular weight is 502 g/mol. The number of rotatable bonds is 9. The molecule has 0 amide bonds. The van der Waals surface area contributed by atoms with E-state index in [1.54, 1.807) is 18.2 Å². The molecule has 3 N–H and O–H groups in total. The normalized spacial score (nSPS) is 11.1. The van der Waals surface area contributed by atoms with Crippen LogP contribution in [0.15, 0.2) is 71.6 Å². The molecule has 0 aliphatic carbocycles. The summed E-state index contributed by atoms with van der Waals surface area (Å²) in [5, 5.41) is 9.82. The molecule has 0 fully saturated rings. The molecule has 3 aromatic rings. The van der Waals surface area contributed by atoms with Crippen LogP contribution >= 0.6 is 35.6 Å². The van der Waals surface area contributed by atoms with E-state index in [0.717, 1.165) is 28.9 Å². The van der Waals surface area contributed by atoms with Gasteiger partial charge in [0.05, 0.1) is 4.90 Å². The summed E-state index contributed by atoms with van der Waals surface area (Å²) in [6.07, 6.45) is 0.742. The van der Waals surface area contributed by atoms with Gasteiger partial charge in [0.15, 0.2) is 0 Å². The van der Waals surface area contributed by atoms with Crippen LogP contribution in [0.4, 0.5) is 0 Å². The summed E-state index contributed by atoms with van der Waals surface area (Å²) in [5.74, 6) is 0.763. The van der Waals surface area contributed by atoms with Crippen LogP contribution in [0.25, 0.3) is 0 Å². The molecule has 3 aromatic carbocycles. The summed E-state index contributed by atoms with van der Waals surface area (Å²) in [6, 6.07) is 19.6. The van der Waals surface area contributed by atoms with Gasteiger partial charge in [0.1, 0.15) is 12.4 Å². The number of benzene rings is 3. The Morgan fingerprint density at radius 2 is 1.48 bits per heavy atom. The fraction of sp³-hybridized carbons (Fsp3) is 0.182. The summed E-state index contributed by atoms with van der Waals surface area (Å²) in [4.78, 5) is 0.112. The van der Waals surface area contributed by atoms with Crippen molar-refractivity contribution in [1.29, 1.82) is 0 Å². The van der Waals surface area contributed by atoms with Crippen molar-refractivity contribution in [3.8, 4) is 5.75 Å². The van der Waals surface area contributed by atoms with Crippen molar-refractivity contribution in [1.82, 2.24) is 5.32 Å². The lowest BCUT2D eigenvalue weighted by atomic mass is 10.1. The highest BCUT2D eigenvalue weighted by Gasteiger charge is 2.08. The number of ether oxygens (including phenoxy) is 1. The third kappa shape index (κ3) is 8.00. The van der Waals surface area contributed by atoms with Crippen LogP contribution in [0.2, 0.25) is 10.0 Å². The SMILES string of the molecule is Cl.NS(=O)(=O)c1ccc(CCNCc2cc(Cl)ccc2OCc2ccc(Cl)cc2)cc1. The van der Waals surface area contributed by atoms with Gasteiger partial charge < -0.3 is 10.1 Å². The number of nitrogens with one attached hydrogen (secondary N) is 1. The van der Waals surface area contributed by atoms with Crippen molar-refractivity contribution < 1.29 is 13.2 Å². The molecule has 31 heavy (non-hydrogen) atoms. The van der Waals surface area contributed by atoms with Crippen molar-refractivity contribution >= 4 is 45.6 Å². The Hall–Kier alpha value is -1.80. The molecule has 0 radical (unpaired) electrons. The van der Waals surface area contributed by atoms with Gasteiger partial charge in [-0.25, -0.2) is 13.6 Å². The first kappa shape index (κ1) is 25.5. The molecule has 0 atom stereocenters. The maximum Gasteiger partial charge on any atom is 0.238 e. The Kier molecular flexibility index (Phi) is 9.62. The molecule has 0 bridgehead atoms. The molecule has 0 aliphatic heterocycles. The van der Waals surface area contributed by atoms with Crippen LogP contribution < -0.4 is 15.2 Å². The predicted molar refractivity (Wildman–Crippen MR) is 128 cm³/mol. The van der Waals surface area contributed by atoms with E-state index in [0.29, 0.717) is 29.7 Å². The molecule has 0 aliphatic rings. The van der Waals surface area contributed by atoms with Crippen LogP contribution in [0, 0.1) is 0 Å². The molecular formula is C22H23Cl3N2O3S. The van der Waals surface area contributed by atoms with Gasteiger partial charge in [0, 0.05) is 22.2 Å². The lowest BCUT2D eigenvalue weighted by molar-refractivity contribution is 0.302. The van der Waals surface area contributed by atoms with E-state index >= 15 is 0 Å². The molecular weight excluding hydrogens is 479 g/mol. The molecule has 9 heteroatoms. The minimum Gasteiger partial charge on any atom is -0.489 e. The van der Waals surface area contributed by atoms with Crippen LogP contribution in [0.5, 0.6) is 5.75 Å². The Balaban J connectivity index is 0.00000341. The maximum absolute atomic E-state index is 11.3. The first-order chi connectivity index (χ1) is 14.3. The fourth-order valence-corrected chi connectivity index (χ4v) is 3.71.